The fourth-order valence-electron chi connectivity index (χ4n) is 2.01. The van der Waals surface area contributed by atoms with E-state index in [1.807, 2.05) is 19.1 Å². The van der Waals surface area contributed by atoms with Crippen LogP contribution in [0.2, 0.25) is 0 Å². The zero-order valence-corrected chi connectivity index (χ0v) is 12.1. The first-order chi connectivity index (χ1) is 10.9. The molecule has 0 saturated heterocycles. The molecule has 1 heterocycles. The standard InChI is InChI=1S/C16H13F2NO4/c1-10-2-5-12(6-3-10)21-9-15(20)19-11-4-7-13-14(8-11)23-16(17,18)22-13/h2-8H,9H2,1H3,(H,19,20). The Morgan fingerprint density at radius 3 is 2.57 bits per heavy atom. The van der Waals surface area contributed by atoms with Gasteiger partial charge in [0.2, 0.25) is 0 Å². The third kappa shape index (κ3) is 3.68. The number of alkyl halides is 2. The average Bonchev–Trinajstić information content (AvgIpc) is 2.80. The number of amides is 1. The molecule has 2 aromatic rings. The van der Waals surface area contributed by atoms with Crippen LogP contribution in [0.3, 0.4) is 0 Å². The van der Waals surface area contributed by atoms with Crippen molar-refractivity contribution in [2.24, 2.45) is 0 Å². The van der Waals surface area contributed by atoms with E-state index in [0.717, 1.165) is 5.56 Å². The van der Waals surface area contributed by atoms with E-state index in [4.69, 9.17) is 4.74 Å². The Labute approximate surface area is 130 Å². The molecule has 0 saturated carbocycles. The van der Waals surface area contributed by atoms with Crippen LogP contribution in [0.5, 0.6) is 17.2 Å². The Morgan fingerprint density at radius 1 is 1.13 bits per heavy atom. The minimum absolute atomic E-state index is 0.0797. The second-order valence-electron chi connectivity index (χ2n) is 4.98. The van der Waals surface area contributed by atoms with E-state index >= 15 is 0 Å². The third-order valence-corrected chi connectivity index (χ3v) is 3.08. The van der Waals surface area contributed by atoms with E-state index in [9.17, 15) is 13.6 Å². The Morgan fingerprint density at radius 2 is 1.83 bits per heavy atom. The SMILES string of the molecule is Cc1ccc(OCC(=O)Nc2ccc3c(c2)OC(F)(F)O3)cc1. The van der Waals surface area contributed by atoms with E-state index in [1.54, 1.807) is 12.1 Å². The van der Waals surface area contributed by atoms with Crippen LogP contribution in [0.15, 0.2) is 42.5 Å². The van der Waals surface area contributed by atoms with Gasteiger partial charge >= 0.3 is 6.29 Å². The molecule has 0 unspecified atom stereocenters. The lowest BCUT2D eigenvalue weighted by atomic mass is 10.2. The number of benzene rings is 2. The second-order valence-corrected chi connectivity index (χ2v) is 4.98. The molecule has 1 amide bonds. The maximum absolute atomic E-state index is 12.9. The molecule has 0 atom stereocenters. The van der Waals surface area contributed by atoms with Crippen molar-refractivity contribution in [2.45, 2.75) is 13.2 Å². The minimum atomic E-state index is -3.68. The highest BCUT2D eigenvalue weighted by Crippen LogP contribution is 2.42. The largest absolute Gasteiger partial charge is 0.586 e. The maximum atomic E-state index is 12.9. The van der Waals surface area contributed by atoms with Crippen molar-refractivity contribution < 1.29 is 27.8 Å². The topological polar surface area (TPSA) is 56.8 Å². The lowest BCUT2D eigenvalue weighted by molar-refractivity contribution is -0.286. The highest BCUT2D eigenvalue weighted by atomic mass is 19.3. The molecular weight excluding hydrogens is 308 g/mol. The predicted molar refractivity (Wildman–Crippen MR) is 77.9 cm³/mol. The summed E-state index contributed by atoms with van der Waals surface area (Å²) in [5.41, 5.74) is 1.39. The number of nitrogens with one attached hydrogen (secondary N) is 1. The van der Waals surface area contributed by atoms with Crippen molar-refractivity contribution in [3.05, 3.63) is 48.0 Å². The fraction of sp³-hybridized carbons (Fsp3) is 0.188. The third-order valence-electron chi connectivity index (χ3n) is 3.08. The summed E-state index contributed by atoms with van der Waals surface area (Å²) >= 11 is 0. The Balaban J connectivity index is 1.57. The van der Waals surface area contributed by atoms with Crippen LogP contribution in [0, 0.1) is 6.92 Å². The molecule has 3 rings (SSSR count). The highest BCUT2D eigenvalue weighted by molar-refractivity contribution is 5.92. The van der Waals surface area contributed by atoms with Crippen LogP contribution in [0.1, 0.15) is 5.56 Å². The first-order valence-corrected chi connectivity index (χ1v) is 6.80. The van der Waals surface area contributed by atoms with Gasteiger partial charge < -0.3 is 19.5 Å². The molecule has 7 heteroatoms. The van der Waals surface area contributed by atoms with Crippen molar-refractivity contribution in [3.63, 3.8) is 0 Å². The number of rotatable bonds is 4. The van der Waals surface area contributed by atoms with E-state index < -0.39 is 12.2 Å². The van der Waals surface area contributed by atoms with Crippen LogP contribution in [-0.2, 0) is 4.79 Å². The van der Waals surface area contributed by atoms with Crippen molar-refractivity contribution in [1.82, 2.24) is 0 Å². The van der Waals surface area contributed by atoms with Gasteiger partial charge in [0, 0.05) is 11.8 Å². The molecular formula is C16H13F2NO4. The lowest BCUT2D eigenvalue weighted by Gasteiger charge is -2.08. The molecule has 23 heavy (non-hydrogen) atoms. The van der Waals surface area contributed by atoms with Crippen LogP contribution in [0.4, 0.5) is 14.5 Å². The summed E-state index contributed by atoms with van der Waals surface area (Å²) in [5.74, 6) is -0.0663. The Kier molecular flexibility index (Phi) is 3.77. The first-order valence-electron chi connectivity index (χ1n) is 6.80. The summed E-state index contributed by atoms with van der Waals surface area (Å²) in [6.07, 6.45) is -3.68. The summed E-state index contributed by atoms with van der Waals surface area (Å²) in [7, 11) is 0. The number of halogens is 2. The normalized spacial score (nSPS) is 14.4. The molecule has 1 aliphatic heterocycles. The molecule has 0 radical (unpaired) electrons. The van der Waals surface area contributed by atoms with Crippen LogP contribution >= 0.6 is 0 Å². The number of carbonyl (C=O) groups excluding carboxylic acids is 1. The van der Waals surface area contributed by atoms with E-state index in [-0.39, 0.29) is 18.1 Å². The average molecular weight is 321 g/mol. The van der Waals surface area contributed by atoms with Crippen molar-refractivity contribution >= 4 is 11.6 Å². The van der Waals surface area contributed by atoms with Gasteiger partial charge in [-0.15, -0.1) is 8.78 Å². The molecule has 0 spiro atoms. The lowest BCUT2D eigenvalue weighted by Crippen LogP contribution is -2.25. The van der Waals surface area contributed by atoms with Gasteiger partial charge in [-0.25, -0.2) is 0 Å². The number of hydrogen-bond acceptors (Lipinski definition) is 4. The summed E-state index contributed by atoms with van der Waals surface area (Å²) in [6, 6.07) is 11.2. The number of fused-ring (bicyclic) bond motifs is 1. The molecule has 1 N–H and O–H groups in total. The summed E-state index contributed by atoms with van der Waals surface area (Å²) in [5, 5.41) is 2.54. The predicted octanol–water partition coefficient (Wildman–Crippen LogP) is 3.33. The van der Waals surface area contributed by atoms with E-state index in [0.29, 0.717) is 11.4 Å². The van der Waals surface area contributed by atoms with Gasteiger partial charge in [0.05, 0.1) is 0 Å². The number of carbonyl (C=O) groups is 1. The van der Waals surface area contributed by atoms with Gasteiger partial charge in [-0.05, 0) is 31.2 Å². The van der Waals surface area contributed by atoms with E-state index in [2.05, 4.69) is 14.8 Å². The number of hydrogen-bond donors (Lipinski definition) is 1. The van der Waals surface area contributed by atoms with Crippen molar-refractivity contribution in [3.8, 4) is 17.2 Å². The fourth-order valence-corrected chi connectivity index (χ4v) is 2.01. The summed E-state index contributed by atoms with van der Waals surface area (Å²) in [6.45, 7) is 1.74. The van der Waals surface area contributed by atoms with Gasteiger partial charge in [0.1, 0.15) is 5.75 Å². The van der Waals surface area contributed by atoms with Gasteiger partial charge in [0.25, 0.3) is 5.91 Å². The minimum Gasteiger partial charge on any atom is -0.484 e. The van der Waals surface area contributed by atoms with Crippen LogP contribution < -0.4 is 19.5 Å². The zero-order valence-electron chi connectivity index (χ0n) is 12.1. The van der Waals surface area contributed by atoms with Gasteiger partial charge in [-0.3, -0.25) is 4.79 Å². The molecule has 0 fully saturated rings. The molecule has 0 aromatic heterocycles. The number of anilines is 1. The summed E-state index contributed by atoms with van der Waals surface area (Å²) in [4.78, 5) is 11.8. The van der Waals surface area contributed by atoms with Gasteiger partial charge in [0.15, 0.2) is 18.1 Å². The van der Waals surface area contributed by atoms with Gasteiger partial charge in [-0.1, -0.05) is 17.7 Å². The molecule has 120 valence electrons. The van der Waals surface area contributed by atoms with E-state index in [1.165, 1.54) is 18.2 Å². The molecule has 0 aliphatic carbocycles. The first kappa shape index (κ1) is 15.1. The molecule has 2 aromatic carbocycles. The highest BCUT2D eigenvalue weighted by Gasteiger charge is 2.43. The monoisotopic (exact) mass is 321 g/mol. The Hall–Kier alpha value is -2.83. The van der Waals surface area contributed by atoms with Crippen molar-refractivity contribution in [2.75, 3.05) is 11.9 Å². The molecule has 5 nitrogen and oxygen atoms in total. The molecule has 0 bridgehead atoms. The zero-order chi connectivity index (χ0) is 16.4. The second kappa shape index (κ2) is 5.75. The summed E-state index contributed by atoms with van der Waals surface area (Å²) < 4.78 is 39.8. The van der Waals surface area contributed by atoms with Gasteiger partial charge in [-0.2, -0.15) is 0 Å². The van der Waals surface area contributed by atoms with Crippen LogP contribution in [-0.4, -0.2) is 18.8 Å². The number of aryl methyl sites for hydroxylation is 1. The number of ether oxygens (including phenoxy) is 3. The molecule has 1 aliphatic rings. The Bertz CT molecular complexity index is 731. The maximum Gasteiger partial charge on any atom is 0.586 e. The van der Waals surface area contributed by atoms with Crippen molar-refractivity contribution in [1.29, 1.82) is 0 Å². The van der Waals surface area contributed by atoms with Crippen LogP contribution in [0.25, 0.3) is 0 Å². The quantitative estimate of drug-likeness (QED) is 0.938. The smallest absolute Gasteiger partial charge is 0.484 e.